The summed E-state index contributed by atoms with van der Waals surface area (Å²) in [5, 5.41) is 0. The van der Waals surface area contributed by atoms with Crippen LogP contribution in [0, 0.1) is 5.92 Å². The summed E-state index contributed by atoms with van der Waals surface area (Å²) in [6.07, 6.45) is 5.31. The highest BCUT2D eigenvalue weighted by Crippen LogP contribution is 2.18. The number of rotatable bonds is 6. The van der Waals surface area contributed by atoms with E-state index in [0.717, 1.165) is 45.2 Å². The molecule has 0 spiro atoms. The van der Waals surface area contributed by atoms with Crippen molar-refractivity contribution in [1.29, 1.82) is 0 Å². The number of hydrogen-bond acceptors (Lipinski definition) is 3. The van der Waals surface area contributed by atoms with Crippen LogP contribution in [0.15, 0.2) is 0 Å². The molecule has 4 nitrogen and oxygen atoms in total. The van der Waals surface area contributed by atoms with Gasteiger partial charge in [0.1, 0.15) is 0 Å². The summed E-state index contributed by atoms with van der Waals surface area (Å²) in [6.45, 7) is 5.68. The summed E-state index contributed by atoms with van der Waals surface area (Å²) in [7, 11) is 1.73. The number of carbonyl (C=O) groups excluding carboxylic acids is 1. The van der Waals surface area contributed by atoms with Crippen LogP contribution in [0.1, 0.15) is 46.0 Å². The van der Waals surface area contributed by atoms with Gasteiger partial charge in [-0.3, -0.25) is 4.79 Å². The van der Waals surface area contributed by atoms with Crippen molar-refractivity contribution in [2.45, 2.75) is 58.1 Å². The van der Waals surface area contributed by atoms with Crippen LogP contribution >= 0.6 is 0 Å². The number of likely N-dealkylation sites (tertiary alicyclic amines) is 1. The summed E-state index contributed by atoms with van der Waals surface area (Å²) in [6, 6.07) is 0.236. The van der Waals surface area contributed by atoms with Gasteiger partial charge in [0.15, 0.2) is 0 Å². The Morgan fingerprint density at radius 1 is 1.44 bits per heavy atom. The molecular weight excluding hydrogens is 228 g/mol. The predicted octanol–water partition coefficient (Wildman–Crippen LogP) is 1.78. The summed E-state index contributed by atoms with van der Waals surface area (Å²) in [5.74, 6) is 0.390. The standard InChI is InChI=1S/C14H28N2O2/c1-11(6-4-7-12(2)15)14(17)16-9-5-8-13(10-16)18-3/h11-13H,4-10,15H2,1-3H3. The second-order valence-electron chi connectivity index (χ2n) is 5.59. The third kappa shape index (κ3) is 4.94. The van der Waals surface area contributed by atoms with Crippen LogP contribution in [0.5, 0.6) is 0 Å². The molecular formula is C14H28N2O2. The first-order chi connectivity index (χ1) is 8.54. The van der Waals surface area contributed by atoms with Crippen LogP contribution < -0.4 is 5.73 Å². The Bertz CT molecular complexity index is 256. The molecule has 2 N–H and O–H groups in total. The van der Waals surface area contributed by atoms with E-state index in [-0.39, 0.29) is 24.0 Å². The van der Waals surface area contributed by atoms with Crippen LogP contribution in [-0.4, -0.2) is 43.2 Å². The van der Waals surface area contributed by atoms with Crippen LogP contribution in [0.3, 0.4) is 0 Å². The first-order valence-electron chi connectivity index (χ1n) is 7.11. The van der Waals surface area contributed by atoms with Crippen LogP contribution in [0.25, 0.3) is 0 Å². The highest BCUT2D eigenvalue weighted by molar-refractivity contribution is 5.78. The van der Waals surface area contributed by atoms with Gasteiger partial charge in [0.25, 0.3) is 0 Å². The molecule has 0 aromatic carbocycles. The molecule has 1 fully saturated rings. The minimum atomic E-state index is 0.111. The SMILES string of the molecule is COC1CCCN(C(=O)C(C)CCCC(C)N)C1. The lowest BCUT2D eigenvalue weighted by molar-refractivity contribution is -0.138. The molecule has 0 aromatic rings. The Kier molecular flexibility index (Phi) is 6.65. The zero-order chi connectivity index (χ0) is 13.5. The number of piperidine rings is 1. The molecule has 1 aliphatic heterocycles. The molecule has 0 aromatic heterocycles. The highest BCUT2D eigenvalue weighted by Gasteiger charge is 2.26. The quantitative estimate of drug-likeness (QED) is 0.788. The van der Waals surface area contributed by atoms with Gasteiger partial charge in [-0.15, -0.1) is 0 Å². The number of nitrogens with two attached hydrogens (primary N) is 1. The van der Waals surface area contributed by atoms with Gasteiger partial charge in [0.05, 0.1) is 6.10 Å². The third-order valence-electron chi connectivity index (χ3n) is 3.74. The fraction of sp³-hybridized carbons (Fsp3) is 0.929. The number of ether oxygens (including phenoxy) is 1. The van der Waals surface area contributed by atoms with Crippen molar-refractivity contribution in [3.05, 3.63) is 0 Å². The molecule has 0 bridgehead atoms. The largest absolute Gasteiger partial charge is 0.380 e. The monoisotopic (exact) mass is 256 g/mol. The summed E-state index contributed by atoms with van der Waals surface area (Å²) in [5.41, 5.74) is 5.72. The normalized spacial score (nSPS) is 23.8. The van der Waals surface area contributed by atoms with Gasteiger partial charge in [-0.25, -0.2) is 0 Å². The van der Waals surface area contributed by atoms with E-state index < -0.39 is 0 Å². The molecule has 4 heteroatoms. The van der Waals surface area contributed by atoms with E-state index in [0.29, 0.717) is 0 Å². The van der Waals surface area contributed by atoms with Gasteiger partial charge < -0.3 is 15.4 Å². The zero-order valence-electron chi connectivity index (χ0n) is 12.0. The van der Waals surface area contributed by atoms with E-state index in [9.17, 15) is 4.79 Å². The van der Waals surface area contributed by atoms with Crippen molar-refractivity contribution < 1.29 is 9.53 Å². The zero-order valence-corrected chi connectivity index (χ0v) is 12.0. The van der Waals surface area contributed by atoms with E-state index in [1.807, 2.05) is 18.7 Å². The molecule has 1 amide bonds. The summed E-state index contributed by atoms with van der Waals surface area (Å²) < 4.78 is 5.35. The van der Waals surface area contributed by atoms with Crippen LogP contribution in [0.4, 0.5) is 0 Å². The maximum atomic E-state index is 12.3. The number of methoxy groups -OCH3 is 1. The summed E-state index contributed by atoms with van der Waals surface area (Å²) in [4.78, 5) is 14.2. The fourth-order valence-electron chi connectivity index (χ4n) is 2.51. The van der Waals surface area contributed by atoms with E-state index in [1.54, 1.807) is 7.11 Å². The number of nitrogens with zero attached hydrogens (tertiary/aromatic N) is 1. The maximum Gasteiger partial charge on any atom is 0.225 e. The number of carbonyl (C=O) groups is 1. The number of hydrogen-bond donors (Lipinski definition) is 1. The third-order valence-corrected chi connectivity index (χ3v) is 3.74. The van der Waals surface area contributed by atoms with Crippen molar-refractivity contribution in [3.8, 4) is 0 Å². The maximum absolute atomic E-state index is 12.3. The topological polar surface area (TPSA) is 55.6 Å². The van der Waals surface area contributed by atoms with Gasteiger partial charge in [-0.2, -0.15) is 0 Å². The molecule has 18 heavy (non-hydrogen) atoms. The van der Waals surface area contributed by atoms with Gasteiger partial charge in [-0.1, -0.05) is 13.3 Å². The average Bonchev–Trinajstić information content (AvgIpc) is 2.37. The lowest BCUT2D eigenvalue weighted by Gasteiger charge is -2.33. The predicted molar refractivity (Wildman–Crippen MR) is 73.3 cm³/mol. The second kappa shape index (κ2) is 7.74. The Hall–Kier alpha value is -0.610. The van der Waals surface area contributed by atoms with Crippen molar-refractivity contribution in [1.82, 2.24) is 4.90 Å². The molecule has 3 unspecified atom stereocenters. The molecule has 1 rings (SSSR count). The minimum Gasteiger partial charge on any atom is -0.380 e. The highest BCUT2D eigenvalue weighted by atomic mass is 16.5. The Labute approximate surface area is 111 Å². The van der Waals surface area contributed by atoms with Gasteiger partial charge >= 0.3 is 0 Å². The second-order valence-corrected chi connectivity index (χ2v) is 5.59. The van der Waals surface area contributed by atoms with E-state index in [4.69, 9.17) is 10.5 Å². The summed E-state index contributed by atoms with van der Waals surface area (Å²) >= 11 is 0. The number of amides is 1. The first kappa shape index (κ1) is 15.4. The van der Waals surface area contributed by atoms with Crippen molar-refractivity contribution >= 4 is 5.91 Å². The molecule has 1 saturated heterocycles. The lowest BCUT2D eigenvalue weighted by Crippen LogP contribution is -2.45. The molecule has 1 heterocycles. The van der Waals surface area contributed by atoms with Crippen molar-refractivity contribution in [2.24, 2.45) is 11.7 Å². The Balaban J connectivity index is 2.33. The van der Waals surface area contributed by atoms with E-state index >= 15 is 0 Å². The Morgan fingerprint density at radius 2 is 2.17 bits per heavy atom. The average molecular weight is 256 g/mol. The fourth-order valence-corrected chi connectivity index (χ4v) is 2.51. The van der Waals surface area contributed by atoms with Crippen molar-refractivity contribution in [3.63, 3.8) is 0 Å². The minimum absolute atomic E-state index is 0.111. The molecule has 106 valence electrons. The van der Waals surface area contributed by atoms with Crippen LogP contribution in [0.2, 0.25) is 0 Å². The van der Waals surface area contributed by atoms with E-state index in [1.165, 1.54) is 0 Å². The van der Waals surface area contributed by atoms with E-state index in [2.05, 4.69) is 0 Å². The van der Waals surface area contributed by atoms with Crippen molar-refractivity contribution in [2.75, 3.05) is 20.2 Å². The Morgan fingerprint density at radius 3 is 2.78 bits per heavy atom. The first-order valence-corrected chi connectivity index (χ1v) is 7.11. The molecule has 0 saturated carbocycles. The van der Waals surface area contributed by atoms with Gasteiger partial charge in [0.2, 0.25) is 5.91 Å². The molecule has 1 aliphatic rings. The molecule has 0 aliphatic carbocycles. The molecule has 3 atom stereocenters. The smallest absolute Gasteiger partial charge is 0.225 e. The molecule has 0 radical (unpaired) electrons. The van der Waals surface area contributed by atoms with Crippen LogP contribution in [-0.2, 0) is 9.53 Å². The lowest BCUT2D eigenvalue weighted by atomic mass is 9.99. The van der Waals surface area contributed by atoms with Gasteiger partial charge in [-0.05, 0) is 32.6 Å². The van der Waals surface area contributed by atoms with Gasteiger partial charge in [0, 0.05) is 32.2 Å².